The lowest BCUT2D eigenvalue weighted by Crippen LogP contribution is -2.57. The summed E-state index contributed by atoms with van der Waals surface area (Å²) < 4.78 is 22.0. The lowest BCUT2D eigenvalue weighted by Gasteiger charge is -2.33. The van der Waals surface area contributed by atoms with E-state index in [1.807, 2.05) is 0 Å². The van der Waals surface area contributed by atoms with Crippen molar-refractivity contribution in [1.29, 1.82) is 0 Å². The number of carbonyl (C=O) groups excluding carboxylic acids is 5. The largest absolute Gasteiger partial charge is 0.394 e. The lowest BCUT2D eigenvalue weighted by atomic mass is 10.0. The molecular weight excluding hydrogens is 1010 g/mol. The molecule has 1 aromatic rings. The molecule has 0 aliphatic heterocycles. The van der Waals surface area contributed by atoms with Gasteiger partial charge in [0.15, 0.2) is 0 Å². The number of ether oxygens (including phenoxy) is 4. The lowest BCUT2D eigenvalue weighted by molar-refractivity contribution is -0.132. The van der Waals surface area contributed by atoms with Gasteiger partial charge in [-0.15, -0.1) is 0 Å². The molecule has 19 N–H and O–H groups in total. The minimum Gasteiger partial charge on any atom is -0.394 e. The highest BCUT2D eigenvalue weighted by Gasteiger charge is 2.35. The zero-order valence-corrected chi connectivity index (χ0v) is 43.9. The van der Waals surface area contributed by atoms with Gasteiger partial charge in [-0.05, 0) is 62.8 Å². The van der Waals surface area contributed by atoms with Crippen LogP contribution in [0.3, 0.4) is 0 Å². The van der Waals surface area contributed by atoms with Crippen LogP contribution in [0, 0.1) is 5.92 Å². The van der Waals surface area contributed by atoms with Crippen molar-refractivity contribution in [2.45, 2.75) is 126 Å². The van der Waals surface area contributed by atoms with Crippen LogP contribution in [0.2, 0.25) is 0 Å². The average Bonchev–Trinajstić information content (AvgIpc) is 3.40. The molecule has 0 fully saturated rings. The second-order valence-electron chi connectivity index (χ2n) is 18.3. The average molecular weight is 1100 g/mol. The molecule has 1 aromatic carbocycles. The molecular formula is C48H88N8O20. The maximum absolute atomic E-state index is 13.6. The van der Waals surface area contributed by atoms with E-state index in [1.165, 1.54) is 4.90 Å². The van der Waals surface area contributed by atoms with E-state index in [9.17, 15) is 69.9 Å². The molecule has 6 amide bonds. The number of hydrogen-bond donors (Lipinski definition) is 18. The summed E-state index contributed by atoms with van der Waals surface area (Å²) in [6.07, 6.45) is -12.4. The molecule has 76 heavy (non-hydrogen) atoms. The molecule has 0 aliphatic rings. The number of aliphatic hydroxyl groups is 11. The first-order valence-corrected chi connectivity index (χ1v) is 25.5. The summed E-state index contributed by atoms with van der Waals surface area (Å²) in [5.41, 5.74) is 6.25. The Morgan fingerprint density at radius 3 is 1.55 bits per heavy atom. The van der Waals surface area contributed by atoms with Crippen LogP contribution in [0.25, 0.3) is 0 Å². The third-order valence-corrected chi connectivity index (χ3v) is 11.8. The number of rotatable bonds is 45. The summed E-state index contributed by atoms with van der Waals surface area (Å²) in [5.74, 6) is -2.07. The molecule has 440 valence electrons. The summed E-state index contributed by atoms with van der Waals surface area (Å²) in [5, 5.41) is 124. The van der Waals surface area contributed by atoms with Gasteiger partial charge in [0, 0.05) is 44.8 Å². The Morgan fingerprint density at radius 2 is 1.07 bits per heavy atom. The maximum Gasteiger partial charge on any atom is 0.312 e. The van der Waals surface area contributed by atoms with E-state index < -0.39 is 117 Å². The third kappa shape index (κ3) is 29.4. The van der Waals surface area contributed by atoms with Crippen LogP contribution in [-0.4, -0.2) is 264 Å². The molecule has 28 heteroatoms. The summed E-state index contributed by atoms with van der Waals surface area (Å²) in [6.45, 7) is 2.61. The van der Waals surface area contributed by atoms with Crippen LogP contribution in [0.4, 0.5) is 10.5 Å². The Kier molecular flexibility index (Phi) is 37.5. The summed E-state index contributed by atoms with van der Waals surface area (Å²) in [6, 6.07) is 3.14. The fraction of sp³-hybridized carbons (Fsp3) is 0.771. The van der Waals surface area contributed by atoms with Crippen molar-refractivity contribution >= 4 is 35.3 Å². The molecule has 0 heterocycles. The van der Waals surface area contributed by atoms with E-state index in [0.717, 1.165) is 0 Å². The summed E-state index contributed by atoms with van der Waals surface area (Å²) in [7, 11) is 1.62. The first-order chi connectivity index (χ1) is 36.2. The zero-order valence-electron chi connectivity index (χ0n) is 43.9. The van der Waals surface area contributed by atoms with E-state index in [1.54, 1.807) is 45.2 Å². The predicted octanol–water partition coefficient (Wildman–Crippen LogP) is -6.30. The first kappa shape index (κ1) is 69.7. The number of anilines is 1. The smallest absolute Gasteiger partial charge is 0.312 e. The molecule has 11 atom stereocenters. The van der Waals surface area contributed by atoms with E-state index in [0.29, 0.717) is 43.5 Å². The number of primary amides is 1. The maximum atomic E-state index is 13.6. The summed E-state index contributed by atoms with van der Waals surface area (Å²) in [4.78, 5) is 65.1. The van der Waals surface area contributed by atoms with E-state index in [2.05, 4.69) is 31.9 Å². The van der Waals surface area contributed by atoms with E-state index >= 15 is 0 Å². The second kappa shape index (κ2) is 40.8. The molecule has 0 aliphatic carbocycles. The van der Waals surface area contributed by atoms with Crippen molar-refractivity contribution in [2.75, 3.05) is 111 Å². The van der Waals surface area contributed by atoms with Gasteiger partial charge in [-0.3, -0.25) is 24.1 Å². The SMILES string of the molecule is CN[C@@H](CCCCNC(=O)CCOCCOCCOCCOCCN(C[C@H](O)[C@@H](O)[C@H](O)[C@H](O)CO)C[C@H](O)[C@@H](O)[C@H](O)[C@H](O)CO)C(=O)N[C@H](C(=O)N[C@@H](CCCNC(N)=O)C(=O)Nc1ccc(CO)cc1)C(C)C. The first-order valence-electron chi connectivity index (χ1n) is 25.5. The number of nitrogens with zero attached hydrogens (tertiary/aromatic N) is 1. The highest BCUT2D eigenvalue weighted by atomic mass is 16.6. The number of unbranched alkanes of at least 4 members (excludes halogenated alkanes) is 1. The number of benzene rings is 1. The van der Waals surface area contributed by atoms with Crippen molar-refractivity contribution in [2.24, 2.45) is 11.7 Å². The molecule has 0 saturated heterocycles. The molecule has 1 rings (SSSR count). The topological polar surface area (TPSA) is 446 Å². The van der Waals surface area contributed by atoms with Crippen LogP contribution in [-0.2, 0) is 44.7 Å². The zero-order chi connectivity index (χ0) is 57.0. The number of nitrogens with two attached hydrogens (primary N) is 1. The number of likely N-dealkylation sites (N-methyl/N-ethyl adjacent to an activating group) is 1. The van der Waals surface area contributed by atoms with Gasteiger partial charge in [0.25, 0.3) is 0 Å². The van der Waals surface area contributed by atoms with Gasteiger partial charge in [0.05, 0.1) is 90.9 Å². The third-order valence-electron chi connectivity index (χ3n) is 11.8. The van der Waals surface area contributed by atoms with Crippen molar-refractivity contribution in [3.8, 4) is 0 Å². The molecule has 0 radical (unpaired) electrons. The van der Waals surface area contributed by atoms with Crippen LogP contribution in [0.1, 0.15) is 57.9 Å². The second-order valence-corrected chi connectivity index (χ2v) is 18.3. The van der Waals surface area contributed by atoms with Crippen LogP contribution >= 0.6 is 0 Å². The molecule has 0 saturated carbocycles. The number of nitrogens with one attached hydrogen (secondary N) is 6. The quantitative estimate of drug-likeness (QED) is 0.0270. The Morgan fingerprint density at radius 1 is 0.579 bits per heavy atom. The van der Waals surface area contributed by atoms with Crippen LogP contribution < -0.4 is 37.6 Å². The minimum atomic E-state index is -1.91. The standard InChI is InChI=1S/C48H88N8O20/c1-30(2)40(47(71)54-34(8-6-15-52-48(49)72)46(70)53-32-11-9-31(27-57)10-12-32)55-45(69)33(50-3)7-4-5-14-51-39(64)13-17-73-19-21-75-23-24-76-22-20-74-18-16-56(25-35(60)41(65)43(67)37(62)28-58)26-36(61)42(66)44(68)38(63)29-59/h9-12,30,33-38,40-44,50,57-63,65-68H,4-8,13-29H2,1-3H3,(H,51,64)(H,53,70)(H,54,71)(H,55,69)(H3,49,52,72)/t33-,34-,35-,36-,37+,38+,40-,41+,42+,43+,44+/m0/s1. The minimum absolute atomic E-state index is 0.00603. The van der Waals surface area contributed by atoms with Gasteiger partial charge in [-0.2, -0.15) is 0 Å². The van der Waals surface area contributed by atoms with Crippen molar-refractivity contribution < 1.29 is 99.1 Å². The normalized spacial score (nSPS) is 16.1. The number of urea groups is 1. The fourth-order valence-corrected chi connectivity index (χ4v) is 7.20. The number of carbonyl (C=O) groups is 5. The number of amides is 6. The monoisotopic (exact) mass is 1100 g/mol. The molecule has 28 nitrogen and oxygen atoms in total. The predicted molar refractivity (Wildman–Crippen MR) is 273 cm³/mol. The Hall–Kier alpha value is -4.31. The van der Waals surface area contributed by atoms with Crippen molar-refractivity contribution in [3.63, 3.8) is 0 Å². The molecule has 0 unspecified atom stereocenters. The van der Waals surface area contributed by atoms with E-state index in [4.69, 9.17) is 34.9 Å². The van der Waals surface area contributed by atoms with Crippen LogP contribution in [0.15, 0.2) is 24.3 Å². The van der Waals surface area contributed by atoms with Crippen LogP contribution in [0.5, 0.6) is 0 Å². The Bertz CT molecular complexity index is 1710. The molecule has 0 bridgehead atoms. The van der Waals surface area contributed by atoms with Gasteiger partial charge in [0.2, 0.25) is 23.6 Å². The Labute approximate surface area is 443 Å². The highest BCUT2D eigenvalue weighted by molar-refractivity contribution is 5.98. The van der Waals surface area contributed by atoms with Gasteiger partial charge in [-0.25, -0.2) is 4.79 Å². The molecule has 0 spiro atoms. The van der Waals surface area contributed by atoms with Gasteiger partial charge >= 0.3 is 6.03 Å². The van der Waals surface area contributed by atoms with Gasteiger partial charge in [-0.1, -0.05) is 26.0 Å². The van der Waals surface area contributed by atoms with Gasteiger partial charge < -0.3 is 113 Å². The number of aliphatic hydroxyl groups excluding tert-OH is 11. The fourth-order valence-electron chi connectivity index (χ4n) is 7.20. The highest BCUT2D eigenvalue weighted by Crippen LogP contribution is 2.14. The summed E-state index contributed by atoms with van der Waals surface area (Å²) >= 11 is 0. The van der Waals surface area contributed by atoms with E-state index in [-0.39, 0.29) is 97.2 Å². The van der Waals surface area contributed by atoms with Crippen molar-refractivity contribution in [1.82, 2.24) is 31.5 Å². The van der Waals surface area contributed by atoms with Gasteiger partial charge in [0.1, 0.15) is 48.7 Å². The number of hydrogen-bond acceptors (Lipinski definition) is 22. The Balaban J connectivity index is 2.37. The van der Waals surface area contributed by atoms with Crippen molar-refractivity contribution in [3.05, 3.63) is 29.8 Å². The molecule has 0 aromatic heterocycles.